The van der Waals surface area contributed by atoms with Gasteiger partial charge in [-0.25, -0.2) is 14.6 Å². The van der Waals surface area contributed by atoms with Crippen LogP contribution in [0, 0.1) is 0 Å². The molecule has 0 saturated carbocycles. The highest BCUT2D eigenvalue weighted by Gasteiger charge is 2.33. The average Bonchev–Trinajstić information content (AvgIpc) is 3.14. The van der Waals surface area contributed by atoms with Gasteiger partial charge in [0, 0.05) is 12.4 Å². The predicted octanol–water partition coefficient (Wildman–Crippen LogP) is 2.54. The van der Waals surface area contributed by atoms with Crippen LogP contribution in [0.5, 0.6) is 5.75 Å². The van der Waals surface area contributed by atoms with Crippen molar-refractivity contribution < 1.29 is 19.1 Å². The minimum atomic E-state index is -0.626. The summed E-state index contributed by atoms with van der Waals surface area (Å²) in [4.78, 5) is 29.0. The minimum Gasteiger partial charge on any atom is -0.491 e. The number of carbonyl (C=O) groups excluding carboxylic acids is 2. The fourth-order valence-corrected chi connectivity index (χ4v) is 3.02. The molecular formula is C20H24N4O4. The van der Waals surface area contributed by atoms with Gasteiger partial charge in [-0.05, 0) is 38.5 Å². The number of urea groups is 1. The Bertz CT molecular complexity index is 857. The van der Waals surface area contributed by atoms with Crippen molar-refractivity contribution in [3.05, 3.63) is 59.8 Å². The summed E-state index contributed by atoms with van der Waals surface area (Å²) in [5.74, 6) is 0.247. The summed E-state index contributed by atoms with van der Waals surface area (Å²) >= 11 is 0. The van der Waals surface area contributed by atoms with Crippen molar-refractivity contribution in [2.75, 3.05) is 6.61 Å². The van der Waals surface area contributed by atoms with Gasteiger partial charge in [0.05, 0.1) is 42.9 Å². The molecular weight excluding hydrogens is 360 g/mol. The average molecular weight is 384 g/mol. The summed E-state index contributed by atoms with van der Waals surface area (Å²) in [5.41, 5.74) is 1.61. The molecule has 2 heterocycles. The largest absolute Gasteiger partial charge is 0.491 e. The second-order valence-electron chi connectivity index (χ2n) is 6.61. The molecule has 3 rings (SSSR count). The molecule has 2 amide bonds. The Balaban J connectivity index is 1.98. The number of imidazole rings is 1. The molecule has 1 aromatic carbocycles. The summed E-state index contributed by atoms with van der Waals surface area (Å²) < 4.78 is 12.7. The van der Waals surface area contributed by atoms with Crippen LogP contribution in [0.1, 0.15) is 32.4 Å². The van der Waals surface area contributed by atoms with Crippen LogP contribution in [0.2, 0.25) is 0 Å². The highest BCUT2D eigenvalue weighted by atomic mass is 16.5. The number of esters is 1. The van der Waals surface area contributed by atoms with Gasteiger partial charge in [0.15, 0.2) is 0 Å². The molecule has 1 aromatic heterocycles. The molecule has 28 heavy (non-hydrogen) atoms. The van der Waals surface area contributed by atoms with Gasteiger partial charge in [-0.2, -0.15) is 0 Å². The first-order valence-electron chi connectivity index (χ1n) is 9.18. The van der Waals surface area contributed by atoms with E-state index in [1.165, 1.54) is 0 Å². The maximum absolute atomic E-state index is 12.7. The molecule has 1 aliphatic heterocycles. The number of carbonyl (C=O) groups is 2. The van der Waals surface area contributed by atoms with E-state index in [0.717, 1.165) is 11.3 Å². The van der Waals surface area contributed by atoms with E-state index in [2.05, 4.69) is 15.6 Å². The Labute approximate surface area is 163 Å². The molecule has 1 aliphatic rings. The maximum atomic E-state index is 12.7. The third kappa shape index (κ3) is 4.51. The first-order valence-corrected chi connectivity index (χ1v) is 9.18. The lowest BCUT2D eigenvalue weighted by atomic mass is 9.95. The van der Waals surface area contributed by atoms with E-state index in [1.807, 2.05) is 38.1 Å². The van der Waals surface area contributed by atoms with Gasteiger partial charge < -0.3 is 24.7 Å². The number of aromatic nitrogens is 2. The molecule has 8 heteroatoms. The number of ether oxygens (including phenoxy) is 2. The lowest BCUT2D eigenvalue weighted by Crippen LogP contribution is -2.46. The van der Waals surface area contributed by atoms with Crippen LogP contribution in [0.3, 0.4) is 0 Å². The first-order chi connectivity index (χ1) is 13.5. The second kappa shape index (κ2) is 8.60. The lowest BCUT2D eigenvalue weighted by molar-refractivity contribution is -0.139. The number of nitrogens with zero attached hydrogens (tertiary/aromatic N) is 2. The first kappa shape index (κ1) is 19.5. The van der Waals surface area contributed by atoms with E-state index in [9.17, 15) is 9.59 Å². The van der Waals surface area contributed by atoms with E-state index >= 15 is 0 Å². The molecule has 0 fully saturated rings. The van der Waals surface area contributed by atoms with Gasteiger partial charge in [-0.1, -0.05) is 12.1 Å². The Morgan fingerprint density at radius 3 is 2.64 bits per heavy atom. The molecule has 0 saturated heterocycles. The van der Waals surface area contributed by atoms with Gasteiger partial charge in [0.25, 0.3) is 0 Å². The van der Waals surface area contributed by atoms with Crippen LogP contribution in [0.25, 0.3) is 0 Å². The van der Waals surface area contributed by atoms with Crippen molar-refractivity contribution in [2.45, 2.75) is 39.5 Å². The molecule has 0 spiro atoms. The number of hydrogen-bond acceptors (Lipinski definition) is 5. The SMILES string of the molecule is CCOC(=O)C1=C(Cn2ccnc2)NC(=O)NC1c1ccc(OC(C)C)cc1. The molecule has 8 nitrogen and oxygen atoms in total. The number of allylic oxidation sites excluding steroid dienone is 1. The molecule has 1 unspecified atom stereocenters. The third-order valence-electron chi connectivity index (χ3n) is 4.13. The van der Waals surface area contributed by atoms with Gasteiger partial charge in [-0.3, -0.25) is 0 Å². The number of benzene rings is 1. The van der Waals surface area contributed by atoms with Crippen LogP contribution in [0.4, 0.5) is 4.79 Å². The standard InChI is InChI=1S/C20H24N4O4/c1-4-27-19(25)17-16(11-24-10-9-21-12-24)22-20(26)23-18(17)14-5-7-15(8-6-14)28-13(2)3/h5-10,12-13,18H,4,11H2,1-3H3,(H2,22,23,26). The zero-order chi connectivity index (χ0) is 20.1. The Kier molecular flexibility index (Phi) is 5.98. The molecule has 148 valence electrons. The predicted molar refractivity (Wildman–Crippen MR) is 103 cm³/mol. The number of amides is 2. The molecule has 0 radical (unpaired) electrons. The van der Waals surface area contributed by atoms with Gasteiger partial charge in [0.2, 0.25) is 0 Å². The van der Waals surface area contributed by atoms with Crippen molar-refractivity contribution in [1.29, 1.82) is 0 Å². The molecule has 1 atom stereocenters. The summed E-state index contributed by atoms with van der Waals surface area (Å²) in [6.45, 7) is 6.18. The monoisotopic (exact) mass is 384 g/mol. The summed E-state index contributed by atoms with van der Waals surface area (Å²) in [6.07, 6.45) is 5.08. The van der Waals surface area contributed by atoms with Crippen molar-refractivity contribution in [2.24, 2.45) is 0 Å². The van der Waals surface area contributed by atoms with E-state index in [4.69, 9.17) is 9.47 Å². The van der Waals surface area contributed by atoms with Crippen LogP contribution < -0.4 is 15.4 Å². The number of rotatable bonds is 7. The third-order valence-corrected chi connectivity index (χ3v) is 4.13. The fraction of sp³-hybridized carbons (Fsp3) is 0.350. The van der Waals surface area contributed by atoms with Crippen LogP contribution >= 0.6 is 0 Å². The highest BCUT2D eigenvalue weighted by Crippen LogP contribution is 2.29. The normalized spacial score (nSPS) is 16.6. The summed E-state index contributed by atoms with van der Waals surface area (Å²) in [7, 11) is 0. The van der Waals surface area contributed by atoms with E-state index < -0.39 is 12.0 Å². The minimum absolute atomic E-state index is 0.0567. The fourth-order valence-electron chi connectivity index (χ4n) is 3.02. The van der Waals surface area contributed by atoms with Crippen molar-refractivity contribution in [3.63, 3.8) is 0 Å². The van der Waals surface area contributed by atoms with Crippen molar-refractivity contribution in [3.8, 4) is 5.75 Å². The number of nitrogens with one attached hydrogen (secondary N) is 2. The topological polar surface area (TPSA) is 94.5 Å². The van der Waals surface area contributed by atoms with Crippen molar-refractivity contribution in [1.82, 2.24) is 20.2 Å². The van der Waals surface area contributed by atoms with Crippen LogP contribution in [-0.4, -0.2) is 34.3 Å². The van der Waals surface area contributed by atoms with Gasteiger partial charge >= 0.3 is 12.0 Å². The zero-order valence-corrected chi connectivity index (χ0v) is 16.1. The Hall–Kier alpha value is -3.29. The molecule has 2 aromatic rings. The van der Waals surface area contributed by atoms with E-state index in [-0.39, 0.29) is 18.7 Å². The molecule has 2 N–H and O–H groups in total. The quantitative estimate of drug-likeness (QED) is 0.716. The van der Waals surface area contributed by atoms with Crippen LogP contribution in [-0.2, 0) is 16.1 Å². The Morgan fingerprint density at radius 2 is 2.04 bits per heavy atom. The smallest absolute Gasteiger partial charge is 0.338 e. The second-order valence-corrected chi connectivity index (χ2v) is 6.61. The van der Waals surface area contributed by atoms with Gasteiger partial charge in [0.1, 0.15) is 5.75 Å². The molecule has 0 aliphatic carbocycles. The Morgan fingerprint density at radius 1 is 1.29 bits per heavy atom. The lowest BCUT2D eigenvalue weighted by Gasteiger charge is -2.29. The summed E-state index contributed by atoms with van der Waals surface area (Å²) in [6, 6.07) is 6.31. The molecule has 0 bridgehead atoms. The van der Waals surface area contributed by atoms with Gasteiger partial charge in [-0.15, -0.1) is 0 Å². The van der Waals surface area contributed by atoms with Crippen molar-refractivity contribution >= 4 is 12.0 Å². The van der Waals surface area contributed by atoms with E-state index in [1.54, 1.807) is 30.2 Å². The number of hydrogen-bond donors (Lipinski definition) is 2. The summed E-state index contributed by atoms with van der Waals surface area (Å²) in [5, 5.41) is 5.55. The zero-order valence-electron chi connectivity index (χ0n) is 16.1. The maximum Gasteiger partial charge on any atom is 0.338 e. The van der Waals surface area contributed by atoms with E-state index in [0.29, 0.717) is 17.8 Å². The van der Waals surface area contributed by atoms with Crippen LogP contribution in [0.15, 0.2) is 54.3 Å². The highest BCUT2D eigenvalue weighted by molar-refractivity contribution is 5.95.